The van der Waals surface area contributed by atoms with Crippen LogP contribution in [0.4, 0.5) is 8.78 Å². The summed E-state index contributed by atoms with van der Waals surface area (Å²) >= 11 is 0. The van der Waals surface area contributed by atoms with Crippen LogP contribution < -0.4 is 11.3 Å². The molecule has 0 aliphatic rings. The maximum atomic E-state index is 15.4. The third-order valence-corrected chi connectivity index (χ3v) is 5.71. The van der Waals surface area contributed by atoms with E-state index >= 15 is 8.78 Å². The quantitative estimate of drug-likeness (QED) is 0.442. The SMILES string of the molecule is Cn1ncc(-c2cc(F)c3c(=O)[nH]nc(CN)c3c2)c1-c1c(F)cc2ccccc2c1C#N. The van der Waals surface area contributed by atoms with Gasteiger partial charge in [0, 0.05) is 29.9 Å². The van der Waals surface area contributed by atoms with Gasteiger partial charge in [-0.2, -0.15) is 15.5 Å². The molecule has 0 atom stereocenters. The molecule has 0 fully saturated rings. The molecule has 0 amide bonds. The van der Waals surface area contributed by atoms with Gasteiger partial charge >= 0.3 is 0 Å². The molecule has 5 rings (SSSR count). The van der Waals surface area contributed by atoms with Gasteiger partial charge in [0.05, 0.1) is 34.1 Å². The van der Waals surface area contributed by atoms with Crippen molar-refractivity contribution in [2.75, 3.05) is 0 Å². The summed E-state index contributed by atoms with van der Waals surface area (Å²) in [6, 6.07) is 13.2. The van der Waals surface area contributed by atoms with Crippen LogP contribution in [0.5, 0.6) is 0 Å². The van der Waals surface area contributed by atoms with Crippen molar-refractivity contribution in [1.29, 1.82) is 5.26 Å². The van der Waals surface area contributed by atoms with E-state index < -0.39 is 17.2 Å². The van der Waals surface area contributed by atoms with E-state index in [1.807, 2.05) is 0 Å². The third kappa shape index (κ3) is 3.08. The number of nitrogens with zero attached hydrogens (tertiary/aromatic N) is 4. The molecule has 162 valence electrons. The minimum Gasteiger partial charge on any atom is -0.325 e. The van der Waals surface area contributed by atoms with Crippen molar-refractivity contribution in [1.82, 2.24) is 20.0 Å². The van der Waals surface area contributed by atoms with E-state index in [2.05, 4.69) is 21.4 Å². The van der Waals surface area contributed by atoms with E-state index in [0.717, 1.165) is 0 Å². The molecule has 0 saturated heterocycles. The molecule has 2 heterocycles. The largest absolute Gasteiger partial charge is 0.325 e. The summed E-state index contributed by atoms with van der Waals surface area (Å²) < 4.78 is 31.8. The minimum atomic E-state index is -0.768. The van der Waals surface area contributed by atoms with Crippen LogP contribution in [-0.4, -0.2) is 20.0 Å². The van der Waals surface area contributed by atoms with Crippen LogP contribution in [0.2, 0.25) is 0 Å². The maximum Gasteiger partial charge on any atom is 0.275 e. The number of hydrogen-bond acceptors (Lipinski definition) is 5. The second-order valence-corrected chi connectivity index (χ2v) is 7.56. The van der Waals surface area contributed by atoms with Crippen LogP contribution in [0.25, 0.3) is 43.9 Å². The Balaban J connectivity index is 1.85. The van der Waals surface area contributed by atoms with E-state index in [1.165, 1.54) is 23.0 Å². The highest BCUT2D eigenvalue weighted by atomic mass is 19.1. The first kappa shape index (κ1) is 20.5. The summed E-state index contributed by atoms with van der Waals surface area (Å²) in [6.45, 7) is -0.0199. The third-order valence-electron chi connectivity index (χ3n) is 5.71. The standard InChI is InChI=1S/C24H16F2N6O/c1-32-23(21-16(9-27)14-5-3-2-4-12(14)7-18(21)25)17(11-29-32)13-6-15-20(10-28)30-31-24(33)22(15)19(26)8-13/h2-8,11H,10,28H2,1H3,(H,31,33). The highest BCUT2D eigenvalue weighted by Crippen LogP contribution is 2.39. The van der Waals surface area contributed by atoms with Gasteiger partial charge in [0.25, 0.3) is 5.56 Å². The number of hydrogen-bond donors (Lipinski definition) is 2. The van der Waals surface area contributed by atoms with Crippen molar-refractivity contribution in [3.05, 3.63) is 81.9 Å². The number of aryl methyl sites for hydroxylation is 1. The number of fused-ring (bicyclic) bond motifs is 2. The van der Waals surface area contributed by atoms with Gasteiger partial charge in [-0.05, 0) is 29.1 Å². The molecule has 0 aliphatic heterocycles. The molecule has 0 saturated carbocycles. The average molecular weight is 442 g/mol. The van der Waals surface area contributed by atoms with Gasteiger partial charge in [-0.1, -0.05) is 24.3 Å². The fourth-order valence-electron chi connectivity index (χ4n) is 4.22. The normalized spacial score (nSPS) is 11.2. The molecule has 5 aromatic rings. The summed E-state index contributed by atoms with van der Waals surface area (Å²) in [7, 11) is 1.61. The molecular formula is C24H16F2N6O. The predicted octanol–water partition coefficient (Wildman–Crippen LogP) is 3.75. The second-order valence-electron chi connectivity index (χ2n) is 7.56. The monoisotopic (exact) mass is 442 g/mol. The molecule has 7 nitrogen and oxygen atoms in total. The number of H-pyrrole nitrogens is 1. The number of benzene rings is 3. The van der Waals surface area contributed by atoms with Gasteiger partial charge in [0.15, 0.2) is 0 Å². The lowest BCUT2D eigenvalue weighted by Gasteiger charge is -2.13. The van der Waals surface area contributed by atoms with Gasteiger partial charge in [-0.25, -0.2) is 13.9 Å². The molecule has 3 aromatic carbocycles. The zero-order valence-corrected chi connectivity index (χ0v) is 17.4. The topological polar surface area (TPSA) is 113 Å². The van der Waals surface area contributed by atoms with Crippen molar-refractivity contribution < 1.29 is 8.78 Å². The molecule has 3 N–H and O–H groups in total. The summed E-state index contributed by atoms with van der Waals surface area (Å²) in [5.41, 5.74) is 6.63. The first-order valence-electron chi connectivity index (χ1n) is 9.99. The number of nitrogens with one attached hydrogen (secondary N) is 1. The van der Waals surface area contributed by atoms with E-state index in [9.17, 15) is 10.1 Å². The molecule has 0 spiro atoms. The fraction of sp³-hybridized carbons (Fsp3) is 0.0833. The lowest BCUT2D eigenvalue weighted by atomic mass is 9.93. The van der Waals surface area contributed by atoms with Crippen molar-refractivity contribution >= 4 is 21.5 Å². The summed E-state index contributed by atoms with van der Waals surface area (Å²) in [6.07, 6.45) is 1.47. The molecular weight excluding hydrogens is 426 g/mol. The Hall–Kier alpha value is -4.42. The Kier molecular flexibility index (Phi) is 4.73. The fourth-order valence-corrected chi connectivity index (χ4v) is 4.22. The van der Waals surface area contributed by atoms with Gasteiger partial charge in [-0.3, -0.25) is 9.48 Å². The van der Waals surface area contributed by atoms with Gasteiger partial charge in [0.2, 0.25) is 0 Å². The van der Waals surface area contributed by atoms with Gasteiger partial charge in [-0.15, -0.1) is 0 Å². The Bertz CT molecular complexity index is 1680. The Labute approximate surface area is 185 Å². The highest BCUT2D eigenvalue weighted by Gasteiger charge is 2.23. The van der Waals surface area contributed by atoms with E-state index in [1.54, 1.807) is 37.4 Å². The van der Waals surface area contributed by atoms with Crippen LogP contribution in [0.15, 0.2) is 53.5 Å². The van der Waals surface area contributed by atoms with Crippen LogP contribution in [0.3, 0.4) is 0 Å². The number of halogens is 2. The minimum absolute atomic E-state index is 0.0199. The van der Waals surface area contributed by atoms with E-state index in [4.69, 9.17) is 5.73 Å². The van der Waals surface area contributed by atoms with Crippen molar-refractivity contribution in [2.24, 2.45) is 12.8 Å². The molecule has 9 heteroatoms. The average Bonchev–Trinajstić information content (AvgIpc) is 3.18. The molecule has 0 unspecified atom stereocenters. The van der Waals surface area contributed by atoms with Crippen molar-refractivity contribution in [3.63, 3.8) is 0 Å². The van der Waals surface area contributed by atoms with Gasteiger partial charge in [0.1, 0.15) is 17.7 Å². The number of rotatable bonds is 3. The number of aromatic amines is 1. The van der Waals surface area contributed by atoms with E-state index in [0.29, 0.717) is 33.3 Å². The predicted molar refractivity (Wildman–Crippen MR) is 120 cm³/mol. The van der Waals surface area contributed by atoms with Crippen LogP contribution in [0, 0.1) is 23.0 Å². The molecule has 2 aromatic heterocycles. The Morgan fingerprint density at radius 1 is 1.15 bits per heavy atom. The lowest BCUT2D eigenvalue weighted by Crippen LogP contribution is -2.14. The Morgan fingerprint density at radius 2 is 1.94 bits per heavy atom. The highest BCUT2D eigenvalue weighted by molar-refractivity contribution is 5.98. The molecule has 0 bridgehead atoms. The molecule has 33 heavy (non-hydrogen) atoms. The lowest BCUT2D eigenvalue weighted by molar-refractivity contribution is 0.629. The van der Waals surface area contributed by atoms with Gasteiger partial charge < -0.3 is 5.73 Å². The summed E-state index contributed by atoms with van der Waals surface area (Å²) in [5.74, 6) is -1.37. The zero-order valence-electron chi connectivity index (χ0n) is 17.4. The number of aromatic nitrogens is 4. The van der Waals surface area contributed by atoms with Crippen LogP contribution in [0.1, 0.15) is 11.3 Å². The van der Waals surface area contributed by atoms with E-state index in [-0.39, 0.29) is 28.4 Å². The van der Waals surface area contributed by atoms with Crippen LogP contribution >= 0.6 is 0 Å². The number of nitrogens with two attached hydrogens (primary N) is 1. The molecule has 0 radical (unpaired) electrons. The summed E-state index contributed by atoms with van der Waals surface area (Å²) in [4.78, 5) is 12.2. The van der Waals surface area contributed by atoms with Crippen molar-refractivity contribution in [2.45, 2.75) is 6.54 Å². The maximum absolute atomic E-state index is 15.4. The van der Waals surface area contributed by atoms with Crippen LogP contribution in [-0.2, 0) is 13.6 Å². The second kappa shape index (κ2) is 7.62. The summed E-state index contributed by atoms with van der Waals surface area (Å²) in [5, 5.41) is 21.6. The smallest absolute Gasteiger partial charge is 0.275 e. The zero-order chi connectivity index (χ0) is 23.3. The van der Waals surface area contributed by atoms with Crippen molar-refractivity contribution in [3.8, 4) is 28.5 Å². The first-order valence-corrected chi connectivity index (χ1v) is 9.99. The first-order chi connectivity index (χ1) is 15.9. The molecule has 0 aliphatic carbocycles. The number of nitriles is 1. The Morgan fingerprint density at radius 3 is 2.70 bits per heavy atom.